The molecule has 1 amide bonds. The second kappa shape index (κ2) is 7.04. The van der Waals surface area contributed by atoms with Gasteiger partial charge < -0.3 is 26.2 Å². The number of Topliss-reactive ketones (excluding diaryl/α,β-unsaturated/α-hetero) is 2. The predicted molar refractivity (Wildman–Crippen MR) is 117 cm³/mol. The summed E-state index contributed by atoms with van der Waals surface area (Å²) in [5.41, 5.74) is 2.46. The van der Waals surface area contributed by atoms with Crippen LogP contribution in [0, 0.1) is 15.4 Å². The molecule has 3 aliphatic carbocycles. The summed E-state index contributed by atoms with van der Waals surface area (Å²) in [6.45, 7) is 0. The van der Waals surface area contributed by atoms with Crippen LogP contribution >= 0.6 is 22.6 Å². The van der Waals surface area contributed by atoms with E-state index in [0.29, 0.717) is 12.0 Å². The molecule has 0 unspecified atom stereocenters. The number of fused-ring (bicyclic) bond motifs is 3. The van der Waals surface area contributed by atoms with Crippen LogP contribution < -0.4 is 5.73 Å². The number of rotatable bonds is 2. The summed E-state index contributed by atoms with van der Waals surface area (Å²) in [5.74, 6) is -6.44. The summed E-state index contributed by atoms with van der Waals surface area (Å²) in [4.78, 5) is 39.9. The van der Waals surface area contributed by atoms with Gasteiger partial charge in [0.25, 0.3) is 5.91 Å². The molecule has 0 saturated heterocycles. The first-order valence-corrected chi connectivity index (χ1v) is 10.7. The summed E-state index contributed by atoms with van der Waals surface area (Å²) in [5, 5.41) is 43.4. The molecule has 0 aromatic heterocycles. The minimum absolute atomic E-state index is 0.0809. The molecule has 4 atom stereocenters. The molecule has 164 valence electrons. The Hall–Kier alpha value is -2.44. The lowest BCUT2D eigenvalue weighted by Crippen LogP contribution is -2.65. The SMILES string of the molecule is CN(C)[C@@H]1C(=O)C(C(N)=O)=C(O)[C@@]2(O)C(=O)C3=C(O)c4c(O)ccc(I)c4C[C@H]3C[C@@H]12. The molecule has 0 heterocycles. The minimum Gasteiger partial charge on any atom is -0.508 e. The third kappa shape index (κ3) is 2.77. The van der Waals surface area contributed by atoms with E-state index in [1.807, 2.05) is 0 Å². The Morgan fingerprint density at radius 3 is 2.45 bits per heavy atom. The fraction of sp³-hybridized carbons (Fsp3) is 0.381. The maximum atomic E-state index is 13.6. The van der Waals surface area contributed by atoms with Gasteiger partial charge in [0.2, 0.25) is 5.78 Å². The van der Waals surface area contributed by atoms with Gasteiger partial charge in [-0.15, -0.1) is 0 Å². The number of nitrogens with two attached hydrogens (primary N) is 1. The Kier molecular flexibility index (Phi) is 4.94. The quantitative estimate of drug-likeness (QED) is 0.269. The van der Waals surface area contributed by atoms with Crippen molar-refractivity contribution >= 4 is 45.8 Å². The molecule has 1 fully saturated rings. The summed E-state index contributed by atoms with van der Waals surface area (Å²) >= 11 is 2.07. The van der Waals surface area contributed by atoms with Crippen molar-refractivity contribution in [3.05, 3.63) is 43.7 Å². The molecule has 1 saturated carbocycles. The van der Waals surface area contributed by atoms with Gasteiger partial charge in [-0.25, -0.2) is 0 Å². The lowest BCUT2D eigenvalue weighted by atomic mass is 9.57. The summed E-state index contributed by atoms with van der Waals surface area (Å²) in [6.07, 6.45) is 0.374. The number of primary amides is 1. The van der Waals surface area contributed by atoms with Crippen LogP contribution in [-0.4, -0.2) is 68.5 Å². The van der Waals surface area contributed by atoms with Crippen LogP contribution in [0.5, 0.6) is 5.75 Å². The second-order valence-electron chi connectivity index (χ2n) is 8.38. The van der Waals surface area contributed by atoms with Crippen LogP contribution in [0.1, 0.15) is 17.5 Å². The number of aliphatic hydroxyl groups excluding tert-OH is 2. The van der Waals surface area contributed by atoms with Crippen LogP contribution in [0.15, 0.2) is 29.0 Å². The first-order valence-electron chi connectivity index (χ1n) is 9.58. The number of aromatic hydroxyl groups is 1. The molecule has 0 aliphatic heterocycles. The molecule has 9 nitrogen and oxygen atoms in total. The number of phenols is 1. The summed E-state index contributed by atoms with van der Waals surface area (Å²) in [6, 6.07) is 2.00. The van der Waals surface area contributed by atoms with Gasteiger partial charge in [0, 0.05) is 15.1 Å². The van der Waals surface area contributed by atoms with Gasteiger partial charge in [-0.05, 0) is 73.1 Å². The molecule has 4 rings (SSSR count). The highest BCUT2D eigenvalue weighted by Gasteiger charge is 2.64. The highest BCUT2D eigenvalue weighted by atomic mass is 127. The summed E-state index contributed by atoms with van der Waals surface area (Å²) in [7, 11) is 3.13. The zero-order valence-corrected chi connectivity index (χ0v) is 18.9. The van der Waals surface area contributed by atoms with Gasteiger partial charge in [-0.3, -0.25) is 19.3 Å². The van der Waals surface area contributed by atoms with E-state index >= 15 is 0 Å². The number of phenolic OH excluding ortho intramolecular Hbond substituents is 1. The lowest BCUT2D eigenvalue weighted by Gasteiger charge is -2.50. The van der Waals surface area contributed by atoms with Crippen molar-refractivity contribution in [2.45, 2.75) is 24.5 Å². The van der Waals surface area contributed by atoms with E-state index in [1.54, 1.807) is 20.2 Å². The van der Waals surface area contributed by atoms with E-state index in [2.05, 4.69) is 22.6 Å². The van der Waals surface area contributed by atoms with Crippen LogP contribution in [0.25, 0.3) is 5.76 Å². The molecule has 0 radical (unpaired) electrons. The molecule has 3 aliphatic rings. The maximum absolute atomic E-state index is 13.6. The van der Waals surface area contributed by atoms with E-state index < -0.39 is 58.0 Å². The Morgan fingerprint density at radius 2 is 1.87 bits per heavy atom. The van der Waals surface area contributed by atoms with Gasteiger partial charge in [-0.1, -0.05) is 0 Å². The lowest BCUT2D eigenvalue weighted by molar-refractivity contribution is -0.153. The van der Waals surface area contributed by atoms with Crippen LogP contribution in [-0.2, 0) is 20.8 Å². The molecule has 10 heteroatoms. The molecule has 0 spiro atoms. The van der Waals surface area contributed by atoms with Crippen molar-refractivity contribution in [2.24, 2.45) is 17.6 Å². The molecule has 31 heavy (non-hydrogen) atoms. The number of nitrogens with zero attached hydrogens (tertiary/aromatic N) is 1. The van der Waals surface area contributed by atoms with Crippen LogP contribution in [0.4, 0.5) is 0 Å². The number of amides is 1. The minimum atomic E-state index is -2.61. The first kappa shape index (κ1) is 21.8. The van der Waals surface area contributed by atoms with Gasteiger partial charge in [-0.2, -0.15) is 0 Å². The van der Waals surface area contributed by atoms with Gasteiger partial charge >= 0.3 is 0 Å². The third-order valence-electron chi connectivity index (χ3n) is 6.55. The highest BCUT2D eigenvalue weighted by molar-refractivity contribution is 14.1. The highest BCUT2D eigenvalue weighted by Crippen LogP contribution is 2.52. The number of halogens is 1. The zero-order valence-electron chi connectivity index (χ0n) is 16.7. The third-order valence-corrected chi connectivity index (χ3v) is 7.56. The monoisotopic (exact) mass is 540 g/mol. The van der Waals surface area contributed by atoms with Crippen LogP contribution in [0.2, 0.25) is 0 Å². The normalized spacial score (nSPS) is 30.3. The zero-order chi connectivity index (χ0) is 23.0. The number of carbonyl (C=O) groups is 3. The standard InChI is InChI=1S/C21H21IN2O7/c1-24(2)15-9-6-7-5-8-10(22)3-4-11(25)13(8)16(26)12(7)18(28)21(9,31)19(29)14(17(15)27)20(23)30/h3-4,7,9,15,25-26,29,31H,5-6H2,1-2H3,(H2,23,30)/t7-,9-,15-,21-/m0/s1. The Labute approximate surface area is 191 Å². The Morgan fingerprint density at radius 1 is 1.23 bits per heavy atom. The molecular formula is C21H21IN2O7. The van der Waals surface area contributed by atoms with Gasteiger partial charge in [0.1, 0.15) is 22.8 Å². The molecule has 0 bridgehead atoms. The molecular weight excluding hydrogens is 519 g/mol. The fourth-order valence-corrected chi connectivity index (χ4v) is 5.88. The van der Waals surface area contributed by atoms with E-state index in [1.165, 1.54) is 11.0 Å². The second-order valence-corrected chi connectivity index (χ2v) is 9.54. The summed E-state index contributed by atoms with van der Waals surface area (Å²) < 4.78 is 0.784. The van der Waals surface area contributed by atoms with Crippen LogP contribution in [0.3, 0.4) is 0 Å². The van der Waals surface area contributed by atoms with Crippen molar-refractivity contribution in [1.29, 1.82) is 0 Å². The topological polar surface area (TPSA) is 161 Å². The van der Waals surface area contributed by atoms with Crippen molar-refractivity contribution < 1.29 is 34.8 Å². The Balaban J connectivity index is 1.99. The van der Waals surface area contributed by atoms with Gasteiger partial charge in [0.05, 0.1) is 11.6 Å². The number of likely N-dealkylation sites (N-methyl/N-ethyl adjacent to an activating group) is 1. The van der Waals surface area contributed by atoms with E-state index in [0.717, 1.165) is 3.57 Å². The van der Waals surface area contributed by atoms with E-state index in [4.69, 9.17) is 5.73 Å². The molecule has 1 aromatic rings. The fourth-order valence-electron chi connectivity index (χ4n) is 5.21. The number of hydrogen-bond acceptors (Lipinski definition) is 8. The number of ketones is 2. The smallest absolute Gasteiger partial charge is 0.255 e. The van der Waals surface area contributed by atoms with E-state index in [9.17, 15) is 34.8 Å². The maximum Gasteiger partial charge on any atom is 0.255 e. The molecule has 6 N–H and O–H groups in total. The predicted octanol–water partition coefficient (Wildman–Crippen LogP) is 0.569. The largest absolute Gasteiger partial charge is 0.508 e. The van der Waals surface area contributed by atoms with Crippen molar-refractivity contribution in [2.75, 3.05) is 14.1 Å². The number of carbonyl (C=O) groups excluding carboxylic acids is 3. The Bertz CT molecular complexity index is 1120. The first-order chi connectivity index (χ1) is 14.4. The number of hydrogen-bond donors (Lipinski definition) is 5. The van der Waals surface area contributed by atoms with Gasteiger partial charge in [0.15, 0.2) is 11.4 Å². The average molecular weight is 540 g/mol. The van der Waals surface area contributed by atoms with Crippen molar-refractivity contribution in [3.63, 3.8) is 0 Å². The van der Waals surface area contributed by atoms with Crippen molar-refractivity contribution in [1.82, 2.24) is 4.90 Å². The number of aliphatic hydroxyl groups is 3. The number of benzene rings is 1. The van der Waals surface area contributed by atoms with Crippen molar-refractivity contribution in [3.8, 4) is 5.75 Å². The van der Waals surface area contributed by atoms with E-state index in [-0.39, 0.29) is 23.3 Å². The molecule has 1 aromatic carbocycles. The average Bonchev–Trinajstić information content (AvgIpc) is 2.67.